The maximum Gasteiger partial charge on any atom is 0.222 e. The molecule has 1 aliphatic rings. The molecule has 0 spiro atoms. The van der Waals surface area contributed by atoms with Crippen molar-refractivity contribution in [1.82, 2.24) is 4.23 Å². The fraction of sp³-hybridized carbons (Fsp3) is 0.469. The van der Waals surface area contributed by atoms with Crippen LogP contribution in [0.1, 0.15) is 83.6 Å². The van der Waals surface area contributed by atoms with E-state index in [1.165, 1.54) is 12.1 Å². The van der Waals surface area contributed by atoms with Gasteiger partial charge in [-0.2, -0.15) is 0 Å². The average Bonchev–Trinajstić information content (AvgIpc) is 3.30. The lowest BCUT2D eigenvalue weighted by atomic mass is 9.93. The van der Waals surface area contributed by atoms with Gasteiger partial charge in [0.25, 0.3) is 0 Å². The number of fused-ring (bicyclic) bond motifs is 1. The first-order chi connectivity index (χ1) is 18.6. The molecule has 2 unspecified atom stereocenters. The van der Waals surface area contributed by atoms with E-state index in [1.807, 2.05) is 0 Å². The molecule has 2 atom stereocenters. The first kappa shape index (κ1) is 29.2. The third kappa shape index (κ3) is 5.10. The van der Waals surface area contributed by atoms with Crippen LogP contribution in [0.15, 0.2) is 43.1 Å². The van der Waals surface area contributed by atoms with Crippen LogP contribution in [0.3, 0.4) is 0 Å². The Balaban J connectivity index is 1.97. The predicted molar refractivity (Wildman–Crippen MR) is 158 cm³/mol. The van der Waals surface area contributed by atoms with Gasteiger partial charge in [0.05, 0.1) is 6.57 Å². The van der Waals surface area contributed by atoms with E-state index in [9.17, 15) is 4.39 Å². The van der Waals surface area contributed by atoms with Crippen molar-refractivity contribution >= 4 is 30.9 Å². The standard InChI is InChI=1S/C32H40F2N2O2Si/c1-9-24-25-15-16-36(39(20(2)3,21(4)5)22(6)7)29(25)19-27(34)31(24)32(38-30-12-10-11-17-37-30)23-13-14-26(33)28(18-23)35-8/h9,13-16,18-22,30,32H,1,10-12,17H2,2-7H3. The van der Waals surface area contributed by atoms with Gasteiger partial charge in [0.1, 0.15) is 17.7 Å². The molecule has 4 nitrogen and oxygen atoms in total. The van der Waals surface area contributed by atoms with Crippen LogP contribution < -0.4 is 0 Å². The second kappa shape index (κ2) is 11.8. The highest BCUT2D eigenvalue weighted by Crippen LogP contribution is 2.46. The van der Waals surface area contributed by atoms with Crippen molar-refractivity contribution in [2.75, 3.05) is 6.61 Å². The van der Waals surface area contributed by atoms with Crippen LogP contribution in [0.2, 0.25) is 16.6 Å². The molecule has 4 rings (SSSR count). The van der Waals surface area contributed by atoms with Crippen LogP contribution >= 0.6 is 0 Å². The zero-order valence-corrected chi connectivity index (χ0v) is 24.9. The Hall–Kier alpha value is -2.79. The molecule has 0 amide bonds. The van der Waals surface area contributed by atoms with Gasteiger partial charge in [-0.25, -0.2) is 13.6 Å². The van der Waals surface area contributed by atoms with E-state index in [0.29, 0.717) is 46.3 Å². The highest BCUT2D eigenvalue weighted by atomic mass is 28.3. The van der Waals surface area contributed by atoms with E-state index < -0.39 is 32.3 Å². The molecule has 0 aliphatic carbocycles. The molecule has 0 radical (unpaired) electrons. The van der Waals surface area contributed by atoms with Crippen LogP contribution in [-0.4, -0.2) is 25.4 Å². The Kier molecular flexibility index (Phi) is 8.80. The summed E-state index contributed by atoms with van der Waals surface area (Å²) in [6.07, 6.45) is 4.97. The monoisotopic (exact) mass is 550 g/mol. The van der Waals surface area contributed by atoms with Crippen LogP contribution in [0, 0.1) is 18.2 Å². The number of benzene rings is 2. The summed E-state index contributed by atoms with van der Waals surface area (Å²) in [5, 5.41) is 0.908. The molecule has 0 bridgehead atoms. The minimum absolute atomic E-state index is 0.125. The van der Waals surface area contributed by atoms with Crippen LogP contribution in [0.4, 0.5) is 14.5 Å². The van der Waals surface area contributed by atoms with Crippen molar-refractivity contribution in [2.45, 2.75) is 89.8 Å². The van der Waals surface area contributed by atoms with Crippen molar-refractivity contribution in [1.29, 1.82) is 0 Å². The van der Waals surface area contributed by atoms with Crippen LogP contribution in [0.25, 0.3) is 21.8 Å². The minimum Gasteiger partial charge on any atom is -0.373 e. The maximum atomic E-state index is 16.5. The fourth-order valence-corrected chi connectivity index (χ4v) is 13.6. The van der Waals surface area contributed by atoms with Crippen molar-refractivity contribution in [3.05, 3.63) is 82.8 Å². The lowest BCUT2D eigenvalue weighted by Crippen LogP contribution is -2.51. The molecular weight excluding hydrogens is 510 g/mol. The van der Waals surface area contributed by atoms with Crippen molar-refractivity contribution < 1.29 is 18.3 Å². The van der Waals surface area contributed by atoms with Crippen molar-refractivity contribution in [3.8, 4) is 0 Å². The van der Waals surface area contributed by atoms with Gasteiger partial charge in [-0.1, -0.05) is 60.3 Å². The smallest absolute Gasteiger partial charge is 0.222 e. The SMILES string of the molecule is [C-]#[N+]c1cc(C(OC2CCCCO2)c2c(F)cc3c(ccn3[Si](C(C)C)(C(C)C)C(C)C)c2C=C)ccc1F. The summed E-state index contributed by atoms with van der Waals surface area (Å²) in [6, 6.07) is 7.95. The lowest BCUT2D eigenvalue weighted by molar-refractivity contribution is -0.181. The van der Waals surface area contributed by atoms with Gasteiger partial charge in [-0.15, -0.1) is 0 Å². The Labute approximate surface area is 232 Å². The van der Waals surface area contributed by atoms with Gasteiger partial charge in [0, 0.05) is 23.1 Å². The quantitative estimate of drug-likeness (QED) is 0.196. The van der Waals surface area contributed by atoms with E-state index in [4.69, 9.17) is 16.0 Å². The molecule has 1 fully saturated rings. The van der Waals surface area contributed by atoms with Gasteiger partial charge in [0.15, 0.2) is 14.5 Å². The van der Waals surface area contributed by atoms with E-state index in [-0.39, 0.29) is 5.69 Å². The Morgan fingerprint density at radius 3 is 2.31 bits per heavy atom. The summed E-state index contributed by atoms with van der Waals surface area (Å²) in [4.78, 5) is 3.32. The van der Waals surface area contributed by atoms with Crippen LogP contribution in [0.5, 0.6) is 0 Å². The molecule has 7 heteroatoms. The molecule has 0 saturated carbocycles. The van der Waals surface area contributed by atoms with Gasteiger partial charge < -0.3 is 13.7 Å². The molecule has 2 aromatic carbocycles. The second-order valence-corrected chi connectivity index (χ2v) is 17.2. The third-order valence-corrected chi connectivity index (χ3v) is 15.3. The Bertz CT molecular complexity index is 1360. The summed E-state index contributed by atoms with van der Waals surface area (Å²) in [5.74, 6) is -1.03. The van der Waals surface area contributed by atoms with E-state index in [1.54, 1.807) is 18.2 Å². The highest BCUT2D eigenvalue weighted by molar-refractivity contribution is 6.82. The molecule has 1 saturated heterocycles. The van der Waals surface area contributed by atoms with Crippen LogP contribution in [-0.2, 0) is 9.47 Å². The topological polar surface area (TPSA) is 27.8 Å². The highest BCUT2D eigenvalue weighted by Gasteiger charge is 2.46. The maximum absolute atomic E-state index is 16.5. The number of hydrogen-bond acceptors (Lipinski definition) is 2. The number of halogens is 2. The third-order valence-electron chi connectivity index (χ3n) is 8.50. The van der Waals surface area contributed by atoms with Gasteiger partial charge in [0.2, 0.25) is 5.69 Å². The summed E-state index contributed by atoms with van der Waals surface area (Å²) >= 11 is 0. The molecule has 1 aliphatic heterocycles. The number of rotatable bonds is 9. The molecule has 1 aromatic heterocycles. The molecular formula is C32H40F2N2O2Si. The van der Waals surface area contributed by atoms with Crippen molar-refractivity contribution in [3.63, 3.8) is 0 Å². The molecule has 2 heterocycles. The Morgan fingerprint density at radius 2 is 1.74 bits per heavy atom. The molecule has 39 heavy (non-hydrogen) atoms. The zero-order valence-electron chi connectivity index (χ0n) is 23.9. The van der Waals surface area contributed by atoms with E-state index in [0.717, 1.165) is 23.7 Å². The summed E-state index contributed by atoms with van der Waals surface area (Å²) in [6.45, 7) is 25.8. The number of hydrogen-bond donors (Lipinski definition) is 0. The second-order valence-electron chi connectivity index (χ2n) is 11.5. The summed E-state index contributed by atoms with van der Waals surface area (Å²) in [5.41, 5.74) is 3.54. The number of aromatic nitrogens is 1. The molecule has 3 aromatic rings. The Morgan fingerprint density at radius 1 is 1.05 bits per heavy atom. The molecule has 0 N–H and O–H groups in total. The largest absolute Gasteiger partial charge is 0.373 e. The first-order valence-electron chi connectivity index (χ1n) is 14.0. The predicted octanol–water partition coefficient (Wildman–Crippen LogP) is 9.77. The average molecular weight is 551 g/mol. The lowest BCUT2D eigenvalue weighted by Gasteiger charge is -2.44. The van der Waals surface area contributed by atoms with E-state index in [2.05, 4.69) is 69.5 Å². The first-order valence-corrected chi connectivity index (χ1v) is 16.2. The van der Waals surface area contributed by atoms with Gasteiger partial charge in [-0.3, -0.25) is 0 Å². The van der Waals surface area contributed by atoms with E-state index >= 15 is 4.39 Å². The fourth-order valence-electron chi connectivity index (χ4n) is 7.01. The molecule has 208 valence electrons. The van der Waals surface area contributed by atoms with Gasteiger partial charge in [-0.05, 0) is 77.5 Å². The number of ether oxygens (including phenoxy) is 2. The zero-order chi connectivity index (χ0) is 28.5. The normalized spacial score (nSPS) is 17.2. The van der Waals surface area contributed by atoms with Crippen molar-refractivity contribution in [2.24, 2.45) is 0 Å². The summed E-state index contributed by atoms with van der Waals surface area (Å²) < 4.78 is 45.4. The number of nitrogens with zero attached hydrogens (tertiary/aromatic N) is 2. The minimum atomic E-state index is -2.15. The summed E-state index contributed by atoms with van der Waals surface area (Å²) in [7, 11) is -2.15. The van der Waals surface area contributed by atoms with Gasteiger partial charge >= 0.3 is 0 Å².